The molecule has 4 nitrogen and oxygen atoms in total. The fourth-order valence-electron chi connectivity index (χ4n) is 2.41. The third kappa shape index (κ3) is 1.67. The molecule has 0 unspecified atom stereocenters. The Bertz CT molecular complexity index is 812. The Morgan fingerprint density at radius 3 is 2.58 bits per heavy atom. The largest absolute Gasteiger partial charge is 0.424 e. The second-order valence-corrected chi connectivity index (χ2v) is 4.93. The molecular weight excluding hydrogens is 240 g/mol. The van der Waals surface area contributed by atoms with Gasteiger partial charge in [0.05, 0.1) is 0 Å². The van der Waals surface area contributed by atoms with Gasteiger partial charge in [-0.25, -0.2) is 4.98 Å². The van der Waals surface area contributed by atoms with Gasteiger partial charge in [0, 0.05) is 23.2 Å². The molecule has 0 aliphatic carbocycles. The molecule has 0 fully saturated rings. The first-order valence-electron chi connectivity index (χ1n) is 6.56. The highest BCUT2D eigenvalue weighted by atomic mass is 16.4. The van der Waals surface area contributed by atoms with Crippen molar-refractivity contribution in [1.29, 1.82) is 0 Å². The zero-order valence-corrected chi connectivity index (χ0v) is 11.3. The van der Waals surface area contributed by atoms with Crippen LogP contribution in [0.1, 0.15) is 32.7 Å². The van der Waals surface area contributed by atoms with Crippen molar-refractivity contribution in [1.82, 2.24) is 9.55 Å². The molecule has 0 saturated carbocycles. The van der Waals surface area contributed by atoms with Gasteiger partial charge in [0.2, 0.25) is 5.71 Å². The van der Waals surface area contributed by atoms with Crippen LogP contribution in [0.5, 0.6) is 0 Å². The van der Waals surface area contributed by atoms with Crippen molar-refractivity contribution in [2.24, 2.45) is 0 Å². The number of benzene rings is 1. The summed E-state index contributed by atoms with van der Waals surface area (Å²) < 4.78 is 7.43. The highest BCUT2D eigenvalue weighted by molar-refractivity contribution is 6.01. The van der Waals surface area contributed by atoms with Gasteiger partial charge in [-0.2, -0.15) is 0 Å². The lowest BCUT2D eigenvalue weighted by molar-refractivity contribution is 0.483. The Morgan fingerprint density at radius 2 is 1.95 bits per heavy atom. The maximum atomic E-state index is 12.6. The van der Waals surface area contributed by atoms with Gasteiger partial charge >= 0.3 is 0 Å². The molecule has 0 bridgehead atoms. The Kier molecular flexibility index (Phi) is 2.66. The first kappa shape index (κ1) is 12.0. The van der Waals surface area contributed by atoms with E-state index in [2.05, 4.69) is 4.98 Å². The molecule has 0 aliphatic heterocycles. The van der Waals surface area contributed by atoms with Crippen molar-refractivity contribution < 1.29 is 4.42 Å². The van der Waals surface area contributed by atoms with Crippen molar-refractivity contribution in [3.63, 3.8) is 0 Å². The molecule has 0 atom stereocenters. The summed E-state index contributed by atoms with van der Waals surface area (Å²) in [7, 11) is 0. The monoisotopic (exact) mass is 256 g/mol. The molecule has 3 rings (SSSR count). The third-order valence-electron chi connectivity index (χ3n) is 3.32. The predicted molar refractivity (Wildman–Crippen MR) is 75.5 cm³/mol. The van der Waals surface area contributed by atoms with Gasteiger partial charge in [0.1, 0.15) is 5.52 Å². The summed E-state index contributed by atoms with van der Waals surface area (Å²) in [6.45, 7) is 5.94. The topological polar surface area (TPSA) is 48.0 Å². The highest BCUT2D eigenvalue weighted by Gasteiger charge is 2.17. The van der Waals surface area contributed by atoms with E-state index in [1.807, 2.05) is 45.0 Å². The van der Waals surface area contributed by atoms with Gasteiger partial charge < -0.3 is 4.42 Å². The predicted octanol–water partition coefficient (Wildman–Crippen LogP) is 3.29. The number of aryl methyl sites for hydroxylation is 1. The van der Waals surface area contributed by atoms with Crippen LogP contribution in [0.4, 0.5) is 0 Å². The van der Waals surface area contributed by atoms with Gasteiger partial charge in [-0.1, -0.05) is 25.1 Å². The minimum atomic E-state index is -0.0168. The lowest BCUT2D eigenvalue weighted by Crippen LogP contribution is -2.22. The lowest BCUT2D eigenvalue weighted by Gasteiger charge is -2.11. The summed E-state index contributed by atoms with van der Waals surface area (Å²) in [4.78, 5) is 17.1. The van der Waals surface area contributed by atoms with Gasteiger partial charge in [-0.3, -0.25) is 9.36 Å². The van der Waals surface area contributed by atoms with E-state index in [1.54, 1.807) is 4.57 Å². The minimum Gasteiger partial charge on any atom is -0.424 e. The number of oxazole rings is 1. The van der Waals surface area contributed by atoms with E-state index >= 15 is 0 Å². The van der Waals surface area contributed by atoms with Crippen molar-refractivity contribution in [3.05, 3.63) is 40.5 Å². The third-order valence-corrected chi connectivity index (χ3v) is 3.32. The van der Waals surface area contributed by atoms with Gasteiger partial charge in [0.25, 0.3) is 5.56 Å². The van der Waals surface area contributed by atoms with E-state index in [1.165, 1.54) is 0 Å². The average Bonchev–Trinajstić information content (AvgIpc) is 2.82. The summed E-state index contributed by atoms with van der Waals surface area (Å²) in [5, 5.41) is 1.56. The van der Waals surface area contributed by atoms with E-state index in [0.29, 0.717) is 17.0 Å². The summed E-state index contributed by atoms with van der Waals surface area (Å²) in [6.07, 6.45) is 0.718. The maximum absolute atomic E-state index is 12.6. The average molecular weight is 256 g/mol. The van der Waals surface area contributed by atoms with E-state index in [9.17, 15) is 4.79 Å². The van der Waals surface area contributed by atoms with Crippen LogP contribution in [0.25, 0.3) is 22.0 Å². The Morgan fingerprint density at radius 1 is 1.26 bits per heavy atom. The molecule has 0 saturated heterocycles. The second-order valence-electron chi connectivity index (χ2n) is 4.93. The van der Waals surface area contributed by atoms with Crippen LogP contribution in [0.15, 0.2) is 33.5 Å². The summed E-state index contributed by atoms with van der Waals surface area (Å²) in [5.41, 5.74) is 1.34. The Hall–Kier alpha value is -2.10. The first-order chi connectivity index (χ1) is 9.13. The number of pyridine rings is 1. The van der Waals surface area contributed by atoms with Crippen LogP contribution in [-0.2, 0) is 6.42 Å². The lowest BCUT2D eigenvalue weighted by atomic mass is 10.1. The number of hydrogen-bond acceptors (Lipinski definition) is 3. The molecule has 0 aliphatic rings. The molecule has 2 aromatic heterocycles. The second kappa shape index (κ2) is 4.23. The van der Waals surface area contributed by atoms with Crippen LogP contribution in [0.2, 0.25) is 0 Å². The first-order valence-corrected chi connectivity index (χ1v) is 6.56. The molecule has 1 aromatic carbocycles. The summed E-state index contributed by atoms with van der Waals surface area (Å²) >= 11 is 0. The SMILES string of the molecule is CCc1nc2c3ccccc3c(=O)n(C(C)C)c2o1. The quantitative estimate of drug-likeness (QED) is 0.707. The van der Waals surface area contributed by atoms with Crippen molar-refractivity contribution in [3.8, 4) is 0 Å². The smallest absolute Gasteiger partial charge is 0.261 e. The van der Waals surface area contributed by atoms with Gasteiger partial charge in [0.15, 0.2) is 5.89 Å². The number of nitrogens with zero attached hydrogens (tertiary/aromatic N) is 2. The van der Waals surface area contributed by atoms with E-state index in [-0.39, 0.29) is 11.6 Å². The fraction of sp³-hybridized carbons (Fsp3) is 0.333. The van der Waals surface area contributed by atoms with Crippen molar-refractivity contribution in [2.75, 3.05) is 0 Å². The summed E-state index contributed by atoms with van der Waals surface area (Å²) in [6, 6.07) is 7.60. The normalized spacial score (nSPS) is 11.8. The van der Waals surface area contributed by atoms with E-state index < -0.39 is 0 Å². The van der Waals surface area contributed by atoms with Gasteiger partial charge in [-0.15, -0.1) is 0 Å². The van der Waals surface area contributed by atoms with Crippen LogP contribution < -0.4 is 5.56 Å². The van der Waals surface area contributed by atoms with Crippen molar-refractivity contribution in [2.45, 2.75) is 33.2 Å². The standard InChI is InChI=1S/C15H16N2O2/c1-4-12-16-13-10-7-5-6-8-11(10)14(18)17(9(2)3)15(13)19-12/h5-9H,4H2,1-3H3. The zero-order chi connectivity index (χ0) is 13.6. The molecule has 0 spiro atoms. The highest BCUT2D eigenvalue weighted by Crippen LogP contribution is 2.25. The zero-order valence-electron chi connectivity index (χ0n) is 11.3. The number of hydrogen-bond donors (Lipinski definition) is 0. The van der Waals surface area contributed by atoms with Crippen LogP contribution >= 0.6 is 0 Å². The molecule has 2 heterocycles. The Labute approximate surface area is 110 Å². The molecular formula is C15H16N2O2. The molecule has 0 N–H and O–H groups in total. The van der Waals surface area contributed by atoms with Crippen molar-refractivity contribution >= 4 is 22.0 Å². The summed E-state index contributed by atoms with van der Waals surface area (Å²) in [5.74, 6) is 0.667. The van der Waals surface area contributed by atoms with E-state index in [4.69, 9.17) is 4.42 Å². The molecule has 0 amide bonds. The number of rotatable bonds is 2. The molecule has 0 radical (unpaired) electrons. The Balaban J connectivity index is 2.59. The minimum absolute atomic E-state index is 0.0168. The number of fused-ring (bicyclic) bond motifs is 3. The molecule has 98 valence electrons. The van der Waals surface area contributed by atoms with Crippen LogP contribution in [-0.4, -0.2) is 9.55 Å². The fourth-order valence-corrected chi connectivity index (χ4v) is 2.41. The molecule has 4 heteroatoms. The van der Waals surface area contributed by atoms with Crippen LogP contribution in [0.3, 0.4) is 0 Å². The molecule has 3 aromatic rings. The maximum Gasteiger partial charge on any atom is 0.261 e. The van der Waals surface area contributed by atoms with Gasteiger partial charge in [-0.05, 0) is 19.9 Å². The van der Waals surface area contributed by atoms with E-state index in [0.717, 1.165) is 17.3 Å². The molecule has 19 heavy (non-hydrogen) atoms. The van der Waals surface area contributed by atoms with Crippen LogP contribution in [0, 0.1) is 0 Å². The number of aromatic nitrogens is 2.